The molecule has 0 radical (unpaired) electrons. The van der Waals surface area contributed by atoms with Gasteiger partial charge in [-0.3, -0.25) is 4.57 Å². The average molecular weight is 324 g/mol. The maximum absolute atomic E-state index is 9.46. The van der Waals surface area contributed by atoms with Crippen LogP contribution in [0.4, 0.5) is 5.95 Å². The van der Waals surface area contributed by atoms with E-state index in [2.05, 4.69) is 26.7 Å². The van der Waals surface area contributed by atoms with Gasteiger partial charge in [-0.25, -0.2) is 9.97 Å². The summed E-state index contributed by atoms with van der Waals surface area (Å²) in [4.78, 5) is 18.3. The molecule has 0 unspecified atom stereocenters. The molecule has 0 aliphatic carbocycles. The van der Waals surface area contributed by atoms with Crippen LogP contribution in [-0.2, 0) is 0 Å². The number of likely N-dealkylation sites (N-methyl/N-ethyl adjacent to an activating group) is 1. The monoisotopic (exact) mass is 324 g/mol. The van der Waals surface area contributed by atoms with Crippen LogP contribution in [0.1, 0.15) is 6.92 Å². The van der Waals surface area contributed by atoms with Crippen LogP contribution in [0, 0.1) is 0 Å². The van der Waals surface area contributed by atoms with Crippen LogP contribution >= 0.6 is 0 Å². The first kappa shape index (κ1) is 14.9. The summed E-state index contributed by atoms with van der Waals surface area (Å²) in [6.07, 6.45) is 3.52. The van der Waals surface area contributed by atoms with Gasteiger partial charge in [0.1, 0.15) is 17.6 Å². The van der Waals surface area contributed by atoms with Crippen LogP contribution in [0.25, 0.3) is 16.9 Å². The first-order chi connectivity index (χ1) is 11.7. The molecule has 0 bridgehead atoms. The summed E-state index contributed by atoms with van der Waals surface area (Å²) in [5.41, 5.74) is 2.46. The van der Waals surface area contributed by atoms with Crippen LogP contribution in [-0.4, -0.2) is 62.2 Å². The highest BCUT2D eigenvalue weighted by atomic mass is 16.3. The lowest BCUT2D eigenvalue weighted by Crippen LogP contribution is -2.46. The summed E-state index contributed by atoms with van der Waals surface area (Å²) < 4.78 is 1.92. The van der Waals surface area contributed by atoms with Crippen LogP contribution < -0.4 is 4.90 Å². The van der Waals surface area contributed by atoms with Crippen molar-refractivity contribution in [1.29, 1.82) is 0 Å². The van der Waals surface area contributed by atoms with Gasteiger partial charge in [-0.15, -0.1) is 0 Å². The van der Waals surface area contributed by atoms with Gasteiger partial charge in [-0.2, -0.15) is 4.98 Å². The molecule has 0 atom stereocenters. The second-order valence-electron chi connectivity index (χ2n) is 5.93. The molecule has 1 saturated heterocycles. The number of phenolic OH excluding ortho intramolecular Hbond substituents is 1. The first-order valence-electron chi connectivity index (χ1n) is 8.21. The summed E-state index contributed by atoms with van der Waals surface area (Å²) in [7, 11) is 0. The normalized spacial score (nSPS) is 16.0. The Morgan fingerprint density at radius 1 is 1.04 bits per heavy atom. The summed E-state index contributed by atoms with van der Waals surface area (Å²) in [5.74, 6) is 0.992. The lowest BCUT2D eigenvalue weighted by atomic mass is 10.3. The summed E-state index contributed by atoms with van der Waals surface area (Å²) in [6.45, 7) is 7.22. The third kappa shape index (κ3) is 2.67. The van der Waals surface area contributed by atoms with E-state index < -0.39 is 0 Å². The van der Waals surface area contributed by atoms with Gasteiger partial charge in [0.05, 0.1) is 6.20 Å². The number of phenols is 1. The second kappa shape index (κ2) is 6.09. The Morgan fingerprint density at radius 2 is 1.79 bits per heavy atom. The molecule has 1 fully saturated rings. The van der Waals surface area contributed by atoms with Crippen molar-refractivity contribution in [2.45, 2.75) is 6.92 Å². The van der Waals surface area contributed by atoms with Crippen LogP contribution in [0.2, 0.25) is 0 Å². The van der Waals surface area contributed by atoms with E-state index >= 15 is 0 Å². The number of rotatable bonds is 3. The van der Waals surface area contributed by atoms with Crippen molar-refractivity contribution in [2.75, 3.05) is 37.6 Å². The topological polar surface area (TPSA) is 70.3 Å². The van der Waals surface area contributed by atoms with E-state index in [1.165, 1.54) is 0 Å². The zero-order valence-corrected chi connectivity index (χ0v) is 13.6. The Hall–Kier alpha value is -2.67. The Kier molecular flexibility index (Phi) is 3.78. The zero-order chi connectivity index (χ0) is 16.5. The van der Waals surface area contributed by atoms with Gasteiger partial charge in [0.2, 0.25) is 5.95 Å². The van der Waals surface area contributed by atoms with Gasteiger partial charge >= 0.3 is 0 Å². The number of hydrogen-bond acceptors (Lipinski definition) is 6. The highest BCUT2D eigenvalue weighted by Gasteiger charge is 2.19. The van der Waals surface area contributed by atoms with Crippen molar-refractivity contribution in [1.82, 2.24) is 24.4 Å². The van der Waals surface area contributed by atoms with Gasteiger partial charge in [0.15, 0.2) is 5.65 Å². The van der Waals surface area contributed by atoms with E-state index in [0.29, 0.717) is 0 Å². The standard InChI is InChI=1S/C17H20N6O/c1-2-21-7-9-22(10-8-21)17-18-11-15-16(20-17)23(12-19-15)13-3-5-14(24)6-4-13/h3-6,11-12,24H,2,7-10H2,1H3. The molecule has 24 heavy (non-hydrogen) atoms. The van der Waals surface area contributed by atoms with E-state index in [1.54, 1.807) is 24.7 Å². The SMILES string of the molecule is CCN1CCN(c2ncc3ncn(-c4ccc(O)cc4)c3n2)CC1. The molecule has 0 amide bonds. The highest BCUT2D eigenvalue weighted by molar-refractivity contribution is 5.73. The Balaban J connectivity index is 1.67. The fourth-order valence-corrected chi connectivity index (χ4v) is 3.02. The molecule has 3 aromatic rings. The lowest BCUT2D eigenvalue weighted by Gasteiger charge is -2.33. The highest BCUT2D eigenvalue weighted by Crippen LogP contribution is 2.20. The molecular formula is C17H20N6O. The lowest BCUT2D eigenvalue weighted by molar-refractivity contribution is 0.270. The van der Waals surface area contributed by atoms with E-state index in [9.17, 15) is 5.11 Å². The minimum Gasteiger partial charge on any atom is -0.508 e. The number of imidazole rings is 1. The first-order valence-corrected chi connectivity index (χ1v) is 8.21. The van der Waals surface area contributed by atoms with E-state index in [1.807, 2.05) is 16.7 Å². The van der Waals surface area contributed by atoms with Crippen LogP contribution in [0.5, 0.6) is 5.75 Å². The molecule has 4 rings (SSSR count). The molecule has 2 aromatic heterocycles. The van der Waals surface area contributed by atoms with Crippen molar-refractivity contribution in [3.63, 3.8) is 0 Å². The Bertz CT molecular complexity index is 836. The van der Waals surface area contributed by atoms with E-state index in [4.69, 9.17) is 4.98 Å². The molecule has 3 heterocycles. The van der Waals surface area contributed by atoms with Crippen LogP contribution in [0.3, 0.4) is 0 Å². The summed E-state index contributed by atoms with van der Waals surface area (Å²) in [6, 6.07) is 7.01. The predicted molar refractivity (Wildman–Crippen MR) is 92.7 cm³/mol. The quantitative estimate of drug-likeness (QED) is 0.790. The second-order valence-corrected chi connectivity index (χ2v) is 5.93. The molecule has 1 aliphatic heterocycles. The fraction of sp³-hybridized carbons (Fsp3) is 0.353. The Labute approximate surface area is 140 Å². The number of anilines is 1. The number of aromatic nitrogens is 4. The predicted octanol–water partition coefficient (Wildman–Crippen LogP) is 1.66. The van der Waals surface area contributed by atoms with E-state index in [0.717, 1.165) is 55.5 Å². The number of benzene rings is 1. The van der Waals surface area contributed by atoms with Crippen molar-refractivity contribution in [2.24, 2.45) is 0 Å². The van der Waals surface area contributed by atoms with Gasteiger partial charge in [0, 0.05) is 31.9 Å². The smallest absolute Gasteiger partial charge is 0.227 e. The maximum Gasteiger partial charge on any atom is 0.227 e. The largest absolute Gasteiger partial charge is 0.508 e. The molecule has 0 spiro atoms. The third-order valence-electron chi connectivity index (χ3n) is 4.51. The summed E-state index contributed by atoms with van der Waals surface area (Å²) in [5, 5.41) is 9.46. The van der Waals surface area contributed by atoms with Crippen LogP contribution in [0.15, 0.2) is 36.8 Å². The Morgan fingerprint density at radius 3 is 2.50 bits per heavy atom. The molecule has 1 aliphatic rings. The molecule has 124 valence electrons. The summed E-state index contributed by atoms with van der Waals surface area (Å²) >= 11 is 0. The zero-order valence-electron chi connectivity index (χ0n) is 13.6. The molecule has 1 aromatic carbocycles. The van der Waals surface area contributed by atoms with Gasteiger partial charge in [-0.1, -0.05) is 6.92 Å². The van der Waals surface area contributed by atoms with Crippen molar-refractivity contribution < 1.29 is 5.11 Å². The fourth-order valence-electron chi connectivity index (χ4n) is 3.02. The number of nitrogens with zero attached hydrogens (tertiary/aromatic N) is 6. The van der Waals surface area contributed by atoms with Crippen molar-refractivity contribution in [3.8, 4) is 11.4 Å². The van der Waals surface area contributed by atoms with Crippen molar-refractivity contribution in [3.05, 3.63) is 36.8 Å². The van der Waals surface area contributed by atoms with E-state index in [-0.39, 0.29) is 5.75 Å². The molecule has 7 nitrogen and oxygen atoms in total. The molecule has 1 N–H and O–H groups in total. The number of aromatic hydroxyl groups is 1. The van der Waals surface area contributed by atoms with Gasteiger partial charge < -0.3 is 14.9 Å². The van der Waals surface area contributed by atoms with Crippen molar-refractivity contribution >= 4 is 17.1 Å². The van der Waals surface area contributed by atoms with Gasteiger partial charge in [-0.05, 0) is 30.8 Å². The minimum atomic E-state index is 0.243. The number of hydrogen-bond donors (Lipinski definition) is 1. The van der Waals surface area contributed by atoms with Gasteiger partial charge in [0.25, 0.3) is 0 Å². The third-order valence-corrected chi connectivity index (χ3v) is 4.51. The number of piperazine rings is 1. The molecule has 0 saturated carbocycles. The molecular weight excluding hydrogens is 304 g/mol. The maximum atomic E-state index is 9.46. The number of fused-ring (bicyclic) bond motifs is 1. The molecule has 7 heteroatoms. The minimum absolute atomic E-state index is 0.243. The average Bonchev–Trinajstić information content (AvgIpc) is 3.05.